The Balaban J connectivity index is 1.93. The van der Waals surface area contributed by atoms with Crippen molar-refractivity contribution in [3.8, 4) is 0 Å². The Morgan fingerprint density at radius 3 is 3.13 bits per heavy atom. The number of carbonyl (C=O) groups excluding carboxylic acids is 1. The average molecular weight is 287 g/mol. The zero-order valence-electron chi connectivity index (χ0n) is 7.57. The van der Waals surface area contributed by atoms with Crippen LogP contribution in [0.5, 0.6) is 0 Å². The van der Waals surface area contributed by atoms with E-state index in [9.17, 15) is 4.79 Å². The molecule has 0 fully saturated rings. The lowest BCUT2D eigenvalue weighted by Crippen LogP contribution is -2.22. The van der Waals surface area contributed by atoms with Crippen LogP contribution in [0.2, 0.25) is 0 Å². The second kappa shape index (κ2) is 4.59. The normalized spacial score (nSPS) is 10.2. The molecule has 0 aliphatic heterocycles. The van der Waals surface area contributed by atoms with Gasteiger partial charge in [0.25, 0.3) is 5.91 Å². The SMILES string of the molecule is O=C(NCc1ccon1)c1csc(Br)c1. The highest BCUT2D eigenvalue weighted by molar-refractivity contribution is 9.11. The second-order valence-electron chi connectivity index (χ2n) is 2.81. The molecule has 1 N–H and O–H groups in total. The summed E-state index contributed by atoms with van der Waals surface area (Å²) in [5.74, 6) is -0.111. The second-order valence-corrected chi connectivity index (χ2v) is 5.10. The van der Waals surface area contributed by atoms with E-state index >= 15 is 0 Å². The first-order chi connectivity index (χ1) is 7.25. The quantitative estimate of drug-likeness (QED) is 0.943. The van der Waals surface area contributed by atoms with Crippen LogP contribution in [0.25, 0.3) is 0 Å². The minimum atomic E-state index is -0.111. The molecular weight excluding hydrogens is 280 g/mol. The van der Waals surface area contributed by atoms with Crippen LogP contribution in [0.4, 0.5) is 0 Å². The Morgan fingerprint density at radius 1 is 1.67 bits per heavy atom. The third-order valence-electron chi connectivity index (χ3n) is 1.75. The first-order valence-electron chi connectivity index (χ1n) is 4.17. The number of hydrogen-bond acceptors (Lipinski definition) is 4. The van der Waals surface area contributed by atoms with E-state index in [1.807, 2.05) is 0 Å². The number of carbonyl (C=O) groups is 1. The zero-order chi connectivity index (χ0) is 10.7. The van der Waals surface area contributed by atoms with Crippen LogP contribution < -0.4 is 5.32 Å². The monoisotopic (exact) mass is 286 g/mol. The number of nitrogens with zero attached hydrogens (tertiary/aromatic N) is 1. The fraction of sp³-hybridized carbons (Fsp3) is 0.111. The molecule has 15 heavy (non-hydrogen) atoms. The number of amides is 1. The van der Waals surface area contributed by atoms with Gasteiger partial charge in [-0.2, -0.15) is 0 Å². The highest BCUT2D eigenvalue weighted by Crippen LogP contribution is 2.20. The largest absolute Gasteiger partial charge is 0.364 e. The van der Waals surface area contributed by atoms with Crippen molar-refractivity contribution in [3.05, 3.63) is 38.8 Å². The summed E-state index contributed by atoms with van der Waals surface area (Å²) >= 11 is 4.78. The molecule has 2 rings (SSSR count). The maximum atomic E-state index is 11.6. The fourth-order valence-electron chi connectivity index (χ4n) is 1.03. The Hall–Kier alpha value is -1.14. The molecular formula is C9H7BrN2O2S. The molecule has 78 valence electrons. The summed E-state index contributed by atoms with van der Waals surface area (Å²) in [4.78, 5) is 11.6. The number of nitrogens with one attached hydrogen (secondary N) is 1. The van der Waals surface area contributed by atoms with Crippen molar-refractivity contribution >= 4 is 33.2 Å². The van der Waals surface area contributed by atoms with Gasteiger partial charge in [-0.05, 0) is 22.0 Å². The van der Waals surface area contributed by atoms with E-state index in [4.69, 9.17) is 0 Å². The molecule has 2 aromatic rings. The molecule has 0 saturated carbocycles. The van der Waals surface area contributed by atoms with Gasteiger partial charge in [-0.3, -0.25) is 4.79 Å². The van der Waals surface area contributed by atoms with Crippen LogP contribution in [0.15, 0.2) is 32.1 Å². The average Bonchev–Trinajstić information content (AvgIpc) is 2.84. The molecule has 0 aromatic carbocycles. The lowest BCUT2D eigenvalue weighted by molar-refractivity contribution is 0.0950. The van der Waals surface area contributed by atoms with E-state index in [-0.39, 0.29) is 5.91 Å². The number of hydrogen-bond donors (Lipinski definition) is 1. The first kappa shape index (κ1) is 10.4. The van der Waals surface area contributed by atoms with Crippen molar-refractivity contribution in [1.29, 1.82) is 0 Å². The van der Waals surface area contributed by atoms with Gasteiger partial charge in [0.15, 0.2) is 0 Å². The van der Waals surface area contributed by atoms with Crippen molar-refractivity contribution in [1.82, 2.24) is 10.5 Å². The molecule has 1 amide bonds. The predicted octanol–water partition coefficient (Wildman–Crippen LogP) is 2.43. The summed E-state index contributed by atoms with van der Waals surface area (Å²) in [5, 5.41) is 8.22. The van der Waals surface area contributed by atoms with Crippen molar-refractivity contribution < 1.29 is 9.32 Å². The lowest BCUT2D eigenvalue weighted by atomic mass is 10.3. The molecule has 0 atom stereocenters. The molecule has 2 aromatic heterocycles. The molecule has 0 aliphatic rings. The minimum Gasteiger partial charge on any atom is -0.364 e. The van der Waals surface area contributed by atoms with E-state index in [1.54, 1.807) is 17.5 Å². The lowest BCUT2D eigenvalue weighted by Gasteiger charge is -1.99. The fourth-order valence-corrected chi connectivity index (χ4v) is 2.17. The van der Waals surface area contributed by atoms with Gasteiger partial charge in [-0.1, -0.05) is 5.16 Å². The van der Waals surface area contributed by atoms with Gasteiger partial charge in [0.1, 0.15) is 12.0 Å². The Kier molecular flexibility index (Phi) is 3.17. The number of rotatable bonds is 3. The van der Waals surface area contributed by atoms with Gasteiger partial charge in [0, 0.05) is 11.4 Å². The molecule has 0 radical (unpaired) electrons. The van der Waals surface area contributed by atoms with Gasteiger partial charge in [0.05, 0.1) is 15.9 Å². The van der Waals surface area contributed by atoms with Crippen molar-refractivity contribution in [2.75, 3.05) is 0 Å². The summed E-state index contributed by atoms with van der Waals surface area (Å²) < 4.78 is 5.59. The first-order valence-corrected chi connectivity index (χ1v) is 5.84. The van der Waals surface area contributed by atoms with Gasteiger partial charge in [0.2, 0.25) is 0 Å². The molecule has 2 heterocycles. The molecule has 0 spiro atoms. The third-order valence-corrected chi connectivity index (χ3v) is 3.26. The van der Waals surface area contributed by atoms with Crippen LogP contribution in [-0.2, 0) is 6.54 Å². The Bertz CT molecular complexity index is 452. The van der Waals surface area contributed by atoms with Crippen LogP contribution >= 0.6 is 27.3 Å². The standard InChI is InChI=1S/C9H7BrN2O2S/c10-8-3-6(5-15-8)9(13)11-4-7-1-2-14-12-7/h1-3,5H,4H2,(H,11,13). The Labute approximate surface area is 98.4 Å². The smallest absolute Gasteiger partial charge is 0.252 e. The van der Waals surface area contributed by atoms with E-state index < -0.39 is 0 Å². The molecule has 0 saturated heterocycles. The Morgan fingerprint density at radius 2 is 2.53 bits per heavy atom. The zero-order valence-corrected chi connectivity index (χ0v) is 9.97. The summed E-state index contributed by atoms with van der Waals surface area (Å²) in [5.41, 5.74) is 1.35. The minimum absolute atomic E-state index is 0.111. The van der Waals surface area contributed by atoms with Crippen LogP contribution in [0, 0.1) is 0 Å². The summed E-state index contributed by atoms with van der Waals surface area (Å²) in [6.45, 7) is 0.378. The molecule has 0 aliphatic carbocycles. The molecule has 4 nitrogen and oxygen atoms in total. The van der Waals surface area contributed by atoms with Gasteiger partial charge in [-0.15, -0.1) is 11.3 Å². The number of aromatic nitrogens is 1. The predicted molar refractivity (Wildman–Crippen MR) is 59.7 cm³/mol. The van der Waals surface area contributed by atoms with E-state index in [2.05, 4.69) is 30.9 Å². The van der Waals surface area contributed by atoms with Gasteiger partial charge >= 0.3 is 0 Å². The van der Waals surface area contributed by atoms with Crippen LogP contribution in [0.1, 0.15) is 16.1 Å². The van der Waals surface area contributed by atoms with E-state index in [1.165, 1.54) is 17.6 Å². The van der Waals surface area contributed by atoms with Crippen molar-refractivity contribution in [2.45, 2.75) is 6.54 Å². The highest BCUT2D eigenvalue weighted by Gasteiger charge is 2.07. The highest BCUT2D eigenvalue weighted by atomic mass is 79.9. The third kappa shape index (κ3) is 2.66. The molecule has 6 heteroatoms. The topological polar surface area (TPSA) is 55.1 Å². The molecule has 0 unspecified atom stereocenters. The van der Waals surface area contributed by atoms with Crippen LogP contribution in [0.3, 0.4) is 0 Å². The maximum Gasteiger partial charge on any atom is 0.252 e. The summed E-state index contributed by atoms with van der Waals surface area (Å²) in [6.07, 6.45) is 1.47. The summed E-state index contributed by atoms with van der Waals surface area (Å²) in [7, 11) is 0. The van der Waals surface area contributed by atoms with E-state index in [0.29, 0.717) is 17.8 Å². The maximum absolute atomic E-state index is 11.6. The number of halogens is 1. The van der Waals surface area contributed by atoms with Crippen molar-refractivity contribution in [2.24, 2.45) is 0 Å². The molecule has 0 bridgehead atoms. The van der Waals surface area contributed by atoms with E-state index in [0.717, 1.165) is 3.79 Å². The van der Waals surface area contributed by atoms with Gasteiger partial charge < -0.3 is 9.84 Å². The van der Waals surface area contributed by atoms with Gasteiger partial charge in [-0.25, -0.2) is 0 Å². The summed E-state index contributed by atoms with van der Waals surface area (Å²) in [6, 6.07) is 3.49. The number of thiophene rings is 1. The van der Waals surface area contributed by atoms with Crippen molar-refractivity contribution in [3.63, 3.8) is 0 Å². The van der Waals surface area contributed by atoms with Crippen LogP contribution in [-0.4, -0.2) is 11.1 Å².